The summed E-state index contributed by atoms with van der Waals surface area (Å²) in [5.41, 5.74) is 4.16. The summed E-state index contributed by atoms with van der Waals surface area (Å²) < 4.78 is 10.6. The Morgan fingerprint density at radius 3 is 2.14 bits per heavy atom. The molecule has 1 atom stereocenters. The third-order valence-electron chi connectivity index (χ3n) is 4.66. The number of amides is 1. The molecule has 0 aliphatic heterocycles. The van der Waals surface area contributed by atoms with Crippen molar-refractivity contribution in [3.8, 4) is 11.5 Å². The van der Waals surface area contributed by atoms with Crippen LogP contribution >= 0.6 is 0 Å². The second kappa shape index (κ2) is 9.09. The van der Waals surface area contributed by atoms with Crippen molar-refractivity contribution < 1.29 is 14.3 Å². The Labute approximate surface area is 166 Å². The summed E-state index contributed by atoms with van der Waals surface area (Å²) in [6.45, 7) is 2.05. The lowest BCUT2D eigenvalue weighted by atomic mass is 9.97. The number of aryl methyl sites for hydroxylation is 1. The zero-order valence-corrected chi connectivity index (χ0v) is 16.4. The van der Waals surface area contributed by atoms with Crippen LogP contribution in [0.5, 0.6) is 11.5 Å². The largest absolute Gasteiger partial charge is 0.493 e. The van der Waals surface area contributed by atoms with Gasteiger partial charge in [-0.15, -0.1) is 0 Å². The third-order valence-corrected chi connectivity index (χ3v) is 4.66. The highest BCUT2D eigenvalue weighted by Crippen LogP contribution is 2.28. The first kappa shape index (κ1) is 19.5. The summed E-state index contributed by atoms with van der Waals surface area (Å²) in [5.74, 6) is 1.21. The van der Waals surface area contributed by atoms with Gasteiger partial charge in [-0.1, -0.05) is 66.2 Å². The molecule has 0 radical (unpaired) electrons. The highest BCUT2D eigenvalue weighted by atomic mass is 16.5. The lowest BCUT2D eigenvalue weighted by molar-refractivity contribution is -0.120. The highest BCUT2D eigenvalue weighted by molar-refractivity contribution is 5.79. The zero-order valence-electron chi connectivity index (χ0n) is 16.4. The van der Waals surface area contributed by atoms with Crippen molar-refractivity contribution in [1.82, 2.24) is 5.32 Å². The van der Waals surface area contributed by atoms with Gasteiger partial charge in [0.05, 0.1) is 26.7 Å². The van der Waals surface area contributed by atoms with Gasteiger partial charge in [-0.05, 0) is 35.7 Å². The molecule has 4 nitrogen and oxygen atoms in total. The second-order valence-corrected chi connectivity index (χ2v) is 6.69. The molecule has 3 aromatic carbocycles. The van der Waals surface area contributed by atoms with E-state index in [-0.39, 0.29) is 18.4 Å². The van der Waals surface area contributed by atoms with E-state index in [4.69, 9.17) is 9.47 Å². The number of hydrogen-bond acceptors (Lipinski definition) is 3. The molecule has 28 heavy (non-hydrogen) atoms. The van der Waals surface area contributed by atoms with Crippen molar-refractivity contribution in [2.75, 3.05) is 14.2 Å². The monoisotopic (exact) mass is 375 g/mol. The van der Waals surface area contributed by atoms with Crippen molar-refractivity contribution in [2.45, 2.75) is 19.4 Å². The molecule has 3 rings (SSSR count). The summed E-state index contributed by atoms with van der Waals surface area (Å²) in [5, 5.41) is 3.17. The molecule has 0 aliphatic carbocycles. The Morgan fingerprint density at radius 2 is 1.50 bits per heavy atom. The Morgan fingerprint density at radius 1 is 0.857 bits per heavy atom. The Bertz CT molecular complexity index is 920. The standard InChI is InChI=1S/C24H25NO3/c1-17-9-12-20(13-10-17)24(19-7-5-4-6-8-19)25-23(26)16-18-11-14-21(27-2)22(15-18)28-3/h4-15,24H,16H2,1-3H3,(H,25,26)/t24-/m0/s1. The Kier molecular flexibility index (Phi) is 6.33. The van der Waals surface area contributed by atoms with E-state index in [9.17, 15) is 4.79 Å². The molecular formula is C24H25NO3. The normalized spacial score (nSPS) is 11.5. The molecule has 0 unspecified atom stereocenters. The van der Waals surface area contributed by atoms with E-state index in [1.165, 1.54) is 5.56 Å². The average molecular weight is 375 g/mol. The number of carbonyl (C=O) groups is 1. The minimum Gasteiger partial charge on any atom is -0.493 e. The van der Waals surface area contributed by atoms with Gasteiger partial charge in [-0.2, -0.15) is 0 Å². The fourth-order valence-corrected chi connectivity index (χ4v) is 3.15. The van der Waals surface area contributed by atoms with Crippen LogP contribution in [0.3, 0.4) is 0 Å². The number of ether oxygens (including phenoxy) is 2. The van der Waals surface area contributed by atoms with Crippen LogP contribution in [0, 0.1) is 6.92 Å². The molecular weight excluding hydrogens is 350 g/mol. The SMILES string of the molecule is COc1ccc(CC(=O)N[C@@H](c2ccccc2)c2ccc(C)cc2)cc1OC. The van der Waals surface area contributed by atoms with Crippen LogP contribution < -0.4 is 14.8 Å². The maximum atomic E-state index is 12.8. The van der Waals surface area contributed by atoms with Crippen LogP contribution in [-0.4, -0.2) is 20.1 Å². The summed E-state index contributed by atoms with van der Waals surface area (Å²) in [4.78, 5) is 12.8. The molecule has 1 N–H and O–H groups in total. The van der Waals surface area contributed by atoms with Crippen LogP contribution in [0.4, 0.5) is 0 Å². The van der Waals surface area contributed by atoms with E-state index in [1.54, 1.807) is 14.2 Å². The maximum absolute atomic E-state index is 12.8. The van der Waals surface area contributed by atoms with Gasteiger partial charge in [0.15, 0.2) is 11.5 Å². The van der Waals surface area contributed by atoms with E-state index in [2.05, 4.69) is 36.5 Å². The highest BCUT2D eigenvalue weighted by Gasteiger charge is 2.17. The van der Waals surface area contributed by atoms with Crippen molar-refractivity contribution >= 4 is 5.91 Å². The van der Waals surface area contributed by atoms with Crippen LogP contribution in [0.1, 0.15) is 28.3 Å². The number of nitrogens with one attached hydrogen (secondary N) is 1. The fraction of sp³-hybridized carbons (Fsp3) is 0.208. The van der Waals surface area contributed by atoms with Gasteiger partial charge in [0.2, 0.25) is 5.91 Å². The number of methoxy groups -OCH3 is 2. The lowest BCUT2D eigenvalue weighted by Crippen LogP contribution is -2.30. The topological polar surface area (TPSA) is 47.6 Å². The molecule has 0 fully saturated rings. The quantitative estimate of drug-likeness (QED) is 0.663. The zero-order chi connectivity index (χ0) is 19.9. The number of hydrogen-bond donors (Lipinski definition) is 1. The van der Waals surface area contributed by atoms with E-state index < -0.39 is 0 Å². The van der Waals surface area contributed by atoms with Crippen molar-refractivity contribution in [1.29, 1.82) is 0 Å². The molecule has 0 saturated carbocycles. The second-order valence-electron chi connectivity index (χ2n) is 6.69. The first-order valence-electron chi connectivity index (χ1n) is 9.22. The predicted molar refractivity (Wildman–Crippen MR) is 111 cm³/mol. The predicted octanol–water partition coefficient (Wildman–Crippen LogP) is 4.46. The van der Waals surface area contributed by atoms with Gasteiger partial charge in [-0.25, -0.2) is 0 Å². The Hall–Kier alpha value is -3.27. The lowest BCUT2D eigenvalue weighted by Gasteiger charge is -2.20. The minimum absolute atomic E-state index is 0.0540. The smallest absolute Gasteiger partial charge is 0.225 e. The van der Waals surface area contributed by atoms with Gasteiger partial charge in [0.1, 0.15) is 0 Å². The molecule has 0 aliphatic rings. The molecule has 1 amide bonds. The van der Waals surface area contributed by atoms with E-state index in [0.717, 1.165) is 16.7 Å². The Balaban J connectivity index is 1.81. The summed E-state index contributed by atoms with van der Waals surface area (Å²) in [6.07, 6.45) is 0.259. The van der Waals surface area contributed by atoms with Crippen LogP contribution in [-0.2, 0) is 11.2 Å². The summed E-state index contributed by atoms with van der Waals surface area (Å²) in [6, 6.07) is 23.6. The number of carbonyl (C=O) groups excluding carboxylic acids is 1. The van der Waals surface area contributed by atoms with Crippen molar-refractivity contribution in [3.63, 3.8) is 0 Å². The van der Waals surface area contributed by atoms with Gasteiger partial charge < -0.3 is 14.8 Å². The van der Waals surface area contributed by atoms with Gasteiger partial charge >= 0.3 is 0 Å². The minimum atomic E-state index is -0.200. The molecule has 144 valence electrons. The van der Waals surface area contributed by atoms with Crippen LogP contribution in [0.15, 0.2) is 72.8 Å². The molecule has 4 heteroatoms. The first-order valence-corrected chi connectivity index (χ1v) is 9.22. The molecule has 0 heterocycles. The molecule has 0 bridgehead atoms. The van der Waals surface area contributed by atoms with Crippen molar-refractivity contribution in [3.05, 3.63) is 95.1 Å². The van der Waals surface area contributed by atoms with Crippen LogP contribution in [0.2, 0.25) is 0 Å². The third kappa shape index (κ3) is 4.71. The van der Waals surface area contributed by atoms with Gasteiger partial charge in [0, 0.05) is 0 Å². The van der Waals surface area contributed by atoms with E-state index in [0.29, 0.717) is 11.5 Å². The molecule has 0 spiro atoms. The fourth-order valence-electron chi connectivity index (χ4n) is 3.15. The van der Waals surface area contributed by atoms with Gasteiger partial charge in [-0.3, -0.25) is 4.79 Å². The van der Waals surface area contributed by atoms with Crippen molar-refractivity contribution in [2.24, 2.45) is 0 Å². The van der Waals surface area contributed by atoms with E-state index in [1.807, 2.05) is 48.5 Å². The van der Waals surface area contributed by atoms with Gasteiger partial charge in [0.25, 0.3) is 0 Å². The molecule has 0 saturated heterocycles. The number of rotatable bonds is 7. The number of benzene rings is 3. The molecule has 3 aromatic rings. The first-order chi connectivity index (χ1) is 13.6. The molecule has 0 aromatic heterocycles. The maximum Gasteiger partial charge on any atom is 0.225 e. The van der Waals surface area contributed by atoms with E-state index >= 15 is 0 Å². The average Bonchev–Trinajstić information content (AvgIpc) is 2.73. The summed E-state index contributed by atoms with van der Waals surface area (Å²) >= 11 is 0. The summed E-state index contributed by atoms with van der Waals surface area (Å²) in [7, 11) is 3.18. The van der Waals surface area contributed by atoms with Crippen LogP contribution in [0.25, 0.3) is 0 Å².